The van der Waals surface area contributed by atoms with Gasteiger partial charge in [0.25, 0.3) is 5.91 Å². The minimum Gasteiger partial charge on any atom is -0.390 e. The predicted molar refractivity (Wildman–Crippen MR) is 105 cm³/mol. The van der Waals surface area contributed by atoms with Crippen molar-refractivity contribution in [2.45, 2.75) is 18.9 Å². The van der Waals surface area contributed by atoms with Crippen molar-refractivity contribution >= 4 is 34.3 Å². The maximum atomic E-state index is 13.0. The third kappa shape index (κ3) is 4.40. The van der Waals surface area contributed by atoms with Gasteiger partial charge in [-0.2, -0.15) is 0 Å². The fourth-order valence-electron chi connectivity index (χ4n) is 2.73. The molecule has 0 bridgehead atoms. The molecule has 1 aliphatic rings. The van der Waals surface area contributed by atoms with Crippen LogP contribution < -0.4 is 5.32 Å². The second kappa shape index (κ2) is 7.98. The Hall–Kier alpha value is -2.58. The molecule has 1 aliphatic heterocycles. The molecule has 3 aromatic rings. The van der Waals surface area contributed by atoms with Crippen molar-refractivity contribution in [1.82, 2.24) is 10.3 Å². The van der Waals surface area contributed by atoms with Gasteiger partial charge in [0.15, 0.2) is 0 Å². The van der Waals surface area contributed by atoms with Gasteiger partial charge in [0, 0.05) is 18.2 Å². The summed E-state index contributed by atoms with van der Waals surface area (Å²) in [7, 11) is 0. The topological polar surface area (TPSA) is 63.6 Å². The van der Waals surface area contributed by atoms with E-state index in [2.05, 4.69) is 15.5 Å². The zero-order chi connectivity index (χ0) is 18.6. The van der Waals surface area contributed by atoms with Crippen LogP contribution in [0.3, 0.4) is 0 Å². The summed E-state index contributed by atoms with van der Waals surface area (Å²) in [5.41, 5.74) is 2.27. The smallest absolute Gasteiger partial charge is 0.270 e. The third-order valence-electron chi connectivity index (χ3n) is 4.07. The average molecular weight is 401 g/mol. The van der Waals surface area contributed by atoms with E-state index >= 15 is 0 Å². The van der Waals surface area contributed by atoms with Crippen LogP contribution in [0, 0.1) is 5.82 Å². The lowest BCUT2D eigenvalue weighted by molar-refractivity contribution is 0.0751. The lowest BCUT2D eigenvalue weighted by Gasteiger charge is -2.08. The number of oxime groups is 1. The first-order chi connectivity index (χ1) is 13.2. The van der Waals surface area contributed by atoms with Crippen LogP contribution in [0.2, 0.25) is 0 Å². The zero-order valence-corrected chi connectivity index (χ0v) is 15.9. The van der Waals surface area contributed by atoms with Crippen LogP contribution in [0.1, 0.15) is 22.5 Å². The number of hydrogen-bond donors (Lipinski definition) is 1. The molecule has 1 atom stereocenters. The molecule has 27 heavy (non-hydrogen) atoms. The van der Waals surface area contributed by atoms with Crippen molar-refractivity contribution in [3.63, 3.8) is 0 Å². The summed E-state index contributed by atoms with van der Waals surface area (Å²) < 4.78 is 13.0. The van der Waals surface area contributed by atoms with Crippen molar-refractivity contribution < 1.29 is 14.0 Å². The van der Waals surface area contributed by atoms with Gasteiger partial charge in [0.2, 0.25) is 0 Å². The highest BCUT2D eigenvalue weighted by molar-refractivity contribution is 7.20. The van der Waals surface area contributed by atoms with Crippen molar-refractivity contribution in [1.29, 1.82) is 0 Å². The summed E-state index contributed by atoms with van der Waals surface area (Å²) >= 11 is 3.05. The number of nitrogens with one attached hydrogen (secondary N) is 1. The Morgan fingerprint density at radius 3 is 2.89 bits per heavy atom. The van der Waals surface area contributed by atoms with E-state index in [0.717, 1.165) is 21.2 Å². The highest BCUT2D eigenvalue weighted by atomic mass is 32.1. The number of amides is 1. The number of aromatic nitrogens is 1. The third-order valence-corrected chi connectivity index (χ3v) is 5.96. The van der Waals surface area contributed by atoms with Crippen LogP contribution in [0.15, 0.2) is 52.3 Å². The van der Waals surface area contributed by atoms with E-state index in [1.165, 1.54) is 23.5 Å². The van der Waals surface area contributed by atoms with Crippen molar-refractivity contribution in [3.8, 4) is 9.88 Å². The monoisotopic (exact) mass is 401 g/mol. The first-order valence-electron chi connectivity index (χ1n) is 8.41. The zero-order valence-electron chi connectivity index (χ0n) is 14.2. The lowest BCUT2D eigenvalue weighted by atomic mass is 10.0. The second-order valence-electron chi connectivity index (χ2n) is 6.12. The molecule has 0 spiro atoms. The molecule has 0 saturated heterocycles. The van der Waals surface area contributed by atoms with Gasteiger partial charge in [-0.15, -0.1) is 22.7 Å². The van der Waals surface area contributed by atoms with Gasteiger partial charge in [-0.1, -0.05) is 23.4 Å². The molecule has 0 unspecified atom stereocenters. The number of hydrogen-bond acceptors (Lipinski definition) is 6. The van der Waals surface area contributed by atoms with Crippen molar-refractivity contribution in [2.75, 3.05) is 6.54 Å². The van der Waals surface area contributed by atoms with E-state index < -0.39 is 0 Å². The van der Waals surface area contributed by atoms with Crippen LogP contribution in [0.25, 0.3) is 9.88 Å². The number of rotatable bonds is 6. The number of nitrogens with zero attached hydrogens (tertiary/aromatic N) is 2. The maximum absolute atomic E-state index is 13.0. The second-order valence-corrected chi connectivity index (χ2v) is 7.92. The summed E-state index contributed by atoms with van der Waals surface area (Å²) in [6, 6.07) is 10.3. The minimum atomic E-state index is -0.256. The van der Waals surface area contributed by atoms with Gasteiger partial charge in [-0.25, -0.2) is 9.37 Å². The van der Waals surface area contributed by atoms with Gasteiger partial charge in [0.1, 0.15) is 22.6 Å². The SMILES string of the molecule is O=C(NC[C@H]1CC(Cc2ccc(F)cc2)=NO1)c1csc(-c2cccs2)n1. The molecule has 138 valence electrons. The molecule has 3 heterocycles. The van der Waals surface area contributed by atoms with Crippen molar-refractivity contribution in [3.05, 3.63) is 64.2 Å². The van der Waals surface area contributed by atoms with Crippen LogP contribution in [-0.4, -0.2) is 29.3 Å². The molecule has 2 aromatic heterocycles. The molecule has 0 saturated carbocycles. The number of halogens is 1. The number of thiophene rings is 1. The molecular weight excluding hydrogens is 385 g/mol. The van der Waals surface area contributed by atoms with Crippen LogP contribution in [-0.2, 0) is 11.3 Å². The molecule has 0 radical (unpaired) electrons. The van der Waals surface area contributed by atoms with E-state index in [1.807, 2.05) is 17.5 Å². The number of benzene rings is 1. The Balaban J connectivity index is 1.26. The lowest BCUT2D eigenvalue weighted by Crippen LogP contribution is -2.32. The first-order valence-corrected chi connectivity index (χ1v) is 10.2. The predicted octanol–water partition coefficient (Wildman–Crippen LogP) is 4.13. The molecular formula is C19H16FN3O2S2. The van der Waals surface area contributed by atoms with E-state index in [4.69, 9.17) is 4.84 Å². The van der Waals surface area contributed by atoms with Crippen molar-refractivity contribution in [2.24, 2.45) is 5.16 Å². The normalized spacial score (nSPS) is 16.0. The quantitative estimate of drug-likeness (QED) is 0.676. The van der Waals surface area contributed by atoms with Gasteiger partial charge in [-0.3, -0.25) is 4.79 Å². The molecule has 0 fully saturated rings. The van der Waals surface area contributed by atoms with E-state index in [-0.39, 0.29) is 17.8 Å². The Morgan fingerprint density at radius 1 is 1.26 bits per heavy atom. The van der Waals surface area contributed by atoms with E-state index in [1.54, 1.807) is 28.8 Å². The Morgan fingerprint density at radius 2 is 2.11 bits per heavy atom. The van der Waals surface area contributed by atoms with Crippen LogP contribution in [0.4, 0.5) is 4.39 Å². The summed E-state index contributed by atoms with van der Waals surface area (Å²) in [6.07, 6.45) is 1.05. The molecule has 4 rings (SSSR count). The molecule has 1 aromatic carbocycles. The molecule has 0 aliphatic carbocycles. The van der Waals surface area contributed by atoms with Gasteiger partial charge >= 0.3 is 0 Å². The maximum Gasteiger partial charge on any atom is 0.270 e. The minimum absolute atomic E-state index is 0.195. The van der Waals surface area contributed by atoms with Gasteiger partial charge < -0.3 is 10.2 Å². The van der Waals surface area contributed by atoms with Crippen LogP contribution in [0.5, 0.6) is 0 Å². The number of carbonyl (C=O) groups is 1. The Labute approximate surface area is 163 Å². The highest BCUT2D eigenvalue weighted by Gasteiger charge is 2.22. The summed E-state index contributed by atoms with van der Waals surface area (Å²) in [6.45, 7) is 0.362. The molecule has 5 nitrogen and oxygen atoms in total. The molecule has 1 amide bonds. The summed E-state index contributed by atoms with van der Waals surface area (Å²) in [4.78, 5) is 23.1. The summed E-state index contributed by atoms with van der Waals surface area (Å²) in [5, 5.41) is 11.5. The van der Waals surface area contributed by atoms with Gasteiger partial charge in [-0.05, 0) is 29.1 Å². The standard InChI is InChI=1S/C19H16FN3O2S2/c20-13-5-3-12(4-6-13)8-14-9-15(25-23-14)10-21-18(24)16-11-27-19(22-16)17-2-1-7-26-17/h1-7,11,15H,8-10H2,(H,21,24)/t15-/m1/s1. The molecule has 8 heteroatoms. The Bertz CT molecular complexity index is 952. The fourth-order valence-corrected chi connectivity index (χ4v) is 4.34. The first kappa shape index (κ1) is 17.8. The fraction of sp³-hybridized carbons (Fsp3) is 0.211. The summed E-state index contributed by atoms with van der Waals surface area (Å²) in [5.74, 6) is -0.474. The van der Waals surface area contributed by atoms with Gasteiger partial charge in [0.05, 0.1) is 17.1 Å². The van der Waals surface area contributed by atoms with Crippen LogP contribution >= 0.6 is 22.7 Å². The van der Waals surface area contributed by atoms with E-state index in [9.17, 15) is 9.18 Å². The Kier molecular flexibility index (Phi) is 5.26. The number of thiazole rings is 1. The highest BCUT2D eigenvalue weighted by Crippen LogP contribution is 2.27. The largest absolute Gasteiger partial charge is 0.390 e. The molecule has 1 N–H and O–H groups in total. The van der Waals surface area contributed by atoms with E-state index in [0.29, 0.717) is 25.1 Å². The average Bonchev–Trinajstić information content (AvgIpc) is 3.42. The number of carbonyl (C=O) groups excluding carboxylic acids is 1.